The number of carbonyl (C=O) groups excluding carboxylic acids is 1. The summed E-state index contributed by atoms with van der Waals surface area (Å²) >= 11 is 4.64. The van der Waals surface area contributed by atoms with Crippen LogP contribution in [0.25, 0.3) is 0 Å². The Labute approximate surface area is 103 Å². The fourth-order valence-electron chi connectivity index (χ4n) is 1.22. The SMILES string of the molecule is NC(=S)CCNC(=O)Cc1ccc(F)c(F)c1. The highest BCUT2D eigenvalue weighted by Crippen LogP contribution is 2.09. The molecule has 0 aliphatic heterocycles. The minimum atomic E-state index is -0.960. The molecule has 0 radical (unpaired) electrons. The average Bonchev–Trinajstić information content (AvgIpc) is 2.23. The van der Waals surface area contributed by atoms with Crippen LogP contribution in [0.1, 0.15) is 12.0 Å². The van der Waals surface area contributed by atoms with E-state index in [0.29, 0.717) is 23.5 Å². The molecule has 6 heteroatoms. The Hall–Kier alpha value is -1.56. The number of rotatable bonds is 5. The van der Waals surface area contributed by atoms with Crippen LogP contribution in [0.15, 0.2) is 18.2 Å². The van der Waals surface area contributed by atoms with Crippen LogP contribution in [0.5, 0.6) is 0 Å². The van der Waals surface area contributed by atoms with Gasteiger partial charge in [-0.25, -0.2) is 8.78 Å². The minimum absolute atomic E-state index is 0.00542. The Morgan fingerprint density at radius 3 is 2.65 bits per heavy atom. The van der Waals surface area contributed by atoms with E-state index in [-0.39, 0.29) is 12.3 Å². The number of hydrogen-bond acceptors (Lipinski definition) is 2. The lowest BCUT2D eigenvalue weighted by Crippen LogP contribution is -2.28. The van der Waals surface area contributed by atoms with Crippen molar-refractivity contribution < 1.29 is 13.6 Å². The molecular weight excluding hydrogens is 246 g/mol. The normalized spacial score (nSPS) is 10.0. The monoisotopic (exact) mass is 258 g/mol. The zero-order chi connectivity index (χ0) is 12.8. The molecule has 3 N–H and O–H groups in total. The molecular formula is C11H12F2N2OS. The van der Waals surface area contributed by atoms with Crippen LogP contribution in [-0.2, 0) is 11.2 Å². The van der Waals surface area contributed by atoms with E-state index in [1.54, 1.807) is 0 Å². The first-order valence-electron chi connectivity index (χ1n) is 4.98. The number of hydrogen-bond donors (Lipinski definition) is 2. The van der Waals surface area contributed by atoms with E-state index < -0.39 is 11.6 Å². The standard InChI is InChI=1S/C11H12F2N2OS/c12-8-2-1-7(5-9(8)13)6-11(16)15-4-3-10(14)17/h1-2,5H,3-4,6H2,(H2,14,17)(H,15,16). The molecule has 0 aromatic heterocycles. The highest BCUT2D eigenvalue weighted by molar-refractivity contribution is 7.80. The van der Waals surface area contributed by atoms with Gasteiger partial charge in [-0.1, -0.05) is 18.3 Å². The Balaban J connectivity index is 2.45. The number of benzene rings is 1. The van der Waals surface area contributed by atoms with Crippen molar-refractivity contribution in [2.75, 3.05) is 6.54 Å². The first kappa shape index (κ1) is 13.5. The van der Waals surface area contributed by atoms with Gasteiger partial charge in [0.1, 0.15) is 0 Å². The maximum Gasteiger partial charge on any atom is 0.224 e. The molecule has 1 aromatic carbocycles. The van der Waals surface area contributed by atoms with Crippen LogP contribution in [0, 0.1) is 11.6 Å². The van der Waals surface area contributed by atoms with Crippen molar-refractivity contribution in [3.63, 3.8) is 0 Å². The zero-order valence-corrected chi connectivity index (χ0v) is 9.82. The van der Waals surface area contributed by atoms with Crippen LogP contribution in [0.2, 0.25) is 0 Å². The second kappa shape index (κ2) is 6.24. The summed E-state index contributed by atoms with van der Waals surface area (Å²) in [5.74, 6) is -2.17. The third-order valence-corrected chi connectivity index (χ3v) is 2.25. The fraction of sp³-hybridized carbons (Fsp3) is 0.273. The number of thiocarbonyl (C=S) groups is 1. The summed E-state index contributed by atoms with van der Waals surface area (Å²) < 4.78 is 25.5. The van der Waals surface area contributed by atoms with Gasteiger partial charge in [-0.3, -0.25) is 4.79 Å². The summed E-state index contributed by atoms with van der Waals surface area (Å²) in [7, 11) is 0. The van der Waals surface area contributed by atoms with Crippen molar-refractivity contribution in [3.8, 4) is 0 Å². The van der Waals surface area contributed by atoms with E-state index in [0.717, 1.165) is 12.1 Å². The molecule has 0 saturated heterocycles. The first-order chi connectivity index (χ1) is 7.99. The summed E-state index contributed by atoms with van der Waals surface area (Å²) in [6.07, 6.45) is 0.410. The van der Waals surface area contributed by atoms with Gasteiger partial charge in [0.05, 0.1) is 11.4 Å². The summed E-state index contributed by atoms with van der Waals surface area (Å²) in [4.78, 5) is 11.7. The van der Waals surface area contributed by atoms with Gasteiger partial charge in [0.2, 0.25) is 5.91 Å². The molecule has 0 spiro atoms. The molecule has 3 nitrogen and oxygen atoms in total. The van der Waals surface area contributed by atoms with Crippen LogP contribution in [0.4, 0.5) is 8.78 Å². The van der Waals surface area contributed by atoms with Gasteiger partial charge >= 0.3 is 0 Å². The van der Waals surface area contributed by atoms with Gasteiger partial charge < -0.3 is 11.1 Å². The summed E-state index contributed by atoms with van der Waals surface area (Å²) in [6, 6.07) is 3.36. The van der Waals surface area contributed by atoms with Crippen molar-refractivity contribution in [2.45, 2.75) is 12.8 Å². The third kappa shape index (κ3) is 4.86. The van der Waals surface area contributed by atoms with E-state index in [2.05, 4.69) is 17.5 Å². The molecule has 0 bridgehead atoms. The van der Waals surface area contributed by atoms with Gasteiger partial charge in [-0.15, -0.1) is 0 Å². The molecule has 0 atom stereocenters. The predicted octanol–water partition coefficient (Wildman–Crippen LogP) is 1.30. The second-order valence-electron chi connectivity index (χ2n) is 3.49. The molecule has 0 aliphatic carbocycles. The van der Waals surface area contributed by atoms with Crippen LogP contribution < -0.4 is 11.1 Å². The maximum absolute atomic E-state index is 12.8. The Kier molecular flexibility index (Phi) is 4.96. The van der Waals surface area contributed by atoms with Crippen LogP contribution in [0.3, 0.4) is 0 Å². The molecule has 0 unspecified atom stereocenters. The second-order valence-corrected chi connectivity index (χ2v) is 4.02. The molecule has 1 aromatic rings. The predicted molar refractivity (Wildman–Crippen MR) is 64.5 cm³/mol. The quantitative estimate of drug-likeness (QED) is 0.783. The lowest BCUT2D eigenvalue weighted by atomic mass is 10.1. The minimum Gasteiger partial charge on any atom is -0.393 e. The fourth-order valence-corrected chi connectivity index (χ4v) is 1.32. The van der Waals surface area contributed by atoms with Crippen molar-refractivity contribution in [3.05, 3.63) is 35.4 Å². The molecule has 17 heavy (non-hydrogen) atoms. The van der Waals surface area contributed by atoms with Crippen LogP contribution >= 0.6 is 12.2 Å². The topological polar surface area (TPSA) is 55.1 Å². The molecule has 0 aliphatic rings. The number of amides is 1. The maximum atomic E-state index is 12.8. The molecule has 0 saturated carbocycles. The lowest BCUT2D eigenvalue weighted by molar-refractivity contribution is -0.120. The van der Waals surface area contributed by atoms with Crippen molar-refractivity contribution in [1.82, 2.24) is 5.32 Å². The van der Waals surface area contributed by atoms with Gasteiger partial charge in [0, 0.05) is 13.0 Å². The molecule has 0 heterocycles. The largest absolute Gasteiger partial charge is 0.393 e. The van der Waals surface area contributed by atoms with E-state index in [9.17, 15) is 13.6 Å². The van der Waals surface area contributed by atoms with E-state index in [1.165, 1.54) is 6.07 Å². The Morgan fingerprint density at radius 2 is 2.06 bits per heavy atom. The van der Waals surface area contributed by atoms with Gasteiger partial charge in [-0.05, 0) is 17.7 Å². The molecule has 0 fully saturated rings. The zero-order valence-electron chi connectivity index (χ0n) is 9.00. The van der Waals surface area contributed by atoms with Gasteiger partial charge in [0.25, 0.3) is 0 Å². The van der Waals surface area contributed by atoms with E-state index in [4.69, 9.17) is 5.73 Å². The summed E-state index contributed by atoms with van der Waals surface area (Å²) in [5.41, 5.74) is 5.67. The summed E-state index contributed by atoms with van der Waals surface area (Å²) in [6.45, 7) is 0.345. The van der Waals surface area contributed by atoms with Gasteiger partial charge in [-0.2, -0.15) is 0 Å². The molecule has 92 valence electrons. The Morgan fingerprint density at radius 1 is 1.35 bits per heavy atom. The number of halogens is 2. The first-order valence-corrected chi connectivity index (χ1v) is 5.39. The highest BCUT2D eigenvalue weighted by Gasteiger charge is 2.06. The smallest absolute Gasteiger partial charge is 0.224 e. The highest BCUT2D eigenvalue weighted by atomic mass is 32.1. The lowest BCUT2D eigenvalue weighted by Gasteiger charge is -2.04. The van der Waals surface area contributed by atoms with E-state index >= 15 is 0 Å². The average molecular weight is 258 g/mol. The molecule has 1 rings (SSSR count). The third-order valence-electron chi connectivity index (χ3n) is 2.04. The number of nitrogens with two attached hydrogens (primary N) is 1. The summed E-state index contributed by atoms with van der Waals surface area (Å²) in [5, 5.41) is 2.57. The van der Waals surface area contributed by atoms with E-state index in [1.807, 2.05) is 0 Å². The molecule has 1 amide bonds. The van der Waals surface area contributed by atoms with Gasteiger partial charge in [0.15, 0.2) is 11.6 Å². The van der Waals surface area contributed by atoms with Crippen molar-refractivity contribution in [1.29, 1.82) is 0 Å². The van der Waals surface area contributed by atoms with Crippen LogP contribution in [-0.4, -0.2) is 17.4 Å². The number of carbonyl (C=O) groups is 1. The van der Waals surface area contributed by atoms with Crippen molar-refractivity contribution >= 4 is 23.1 Å². The Bertz CT molecular complexity index is 437. The van der Waals surface area contributed by atoms with Crippen molar-refractivity contribution in [2.24, 2.45) is 5.73 Å². The number of nitrogens with one attached hydrogen (secondary N) is 1.